The van der Waals surface area contributed by atoms with E-state index >= 15 is 0 Å². The molecule has 0 aliphatic rings. The summed E-state index contributed by atoms with van der Waals surface area (Å²) < 4.78 is 5.38. The molecule has 0 spiro atoms. The summed E-state index contributed by atoms with van der Waals surface area (Å²) in [5.41, 5.74) is 3.04. The Morgan fingerprint density at radius 3 is 2.58 bits per heavy atom. The molecule has 0 aromatic heterocycles. The van der Waals surface area contributed by atoms with Gasteiger partial charge in [0.05, 0.1) is 7.11 Å². The van der Waals surface area contributed by atoms with Crippen molar-refractivity contribution in [3.05, 3.63) is 52.0 Å². The van der Waals surface area contributed by atoms with Gasteiger partial charge >= 0.3 is 0 Å². The van der Waals surface area contributed by atoms with Crippen molar-refractivity contribution in [3.8, 4) is 16.9 Å². The molecule has 4 heteroatoms. The second-order valence-corrected chi connectivity index (χ2v) is 5.02. The molecule has 2 aromatic rings. The number of ether oxygens (including phenoxy) is 1. The highest BCUT2D eigenvalue weighted by Gasteiger charge is 2.09. The molecule has 0 aliphatic carbocycles. The third-order valence-corrected chi connectivity index (χ3v) is 3.49. The lowest BCUT2D eigenvalue weighted by Gasteiger charge is -2.11. The molecule has 0 saturated carbocycles. The largest absolute Gasteiger partial charge is 0.496 e. The number of hydrogen-bond acceptors (Lipinski definition) is 2. The number of nitrogens with one attached hydrogen (secondary N) is 1. The first-order valence-corrected chi connectivity index (χ1v) is 6.68. The van der Waals surface area contributed by atoms with E-state index in [0.29, 0.717) is 5.02 Å². The molecule has 0 saturated heterocycles. The molecule has 2 aromatic carbocycles. The zero-order valence-electron chi connectivity index (χ0n) is 10.8. The van der Waals surface area contributed by atoms with Crippen LogP contribution in [-0.4, -0.2) is 14.2 Å². The highest BCUT2D eigenvalue weighted by Crippen LogP contribution is 2.34. The smallest absolute Gasteiger partial charge is 0.126 e. The molecule has 0 radical (unpaired) electrons. The summed E-state index contributed by atoms with van der Waals surface area (Å²) in [6.07, 6.45) is 0. The van der Waals surface area contributed by atoms with Crippen molar-refractivity contribution < 1.29 is 4.74 Å². The Labute approximate surface area is 123 Å². The van der Waals surface area contributed by atoms with Crippen LogP contribution in [0.1, 0.15) is 5.56 Å². The zero-order chi connectivity index (χ0) is 13.8. The van der Waals surface area contributed by atoms with Gasteiger partial charge in [0.15, 0.2) is 0 Å². The first-order valence-electron chi connectivity index (χ1n) is 5.92. The van der Waals surface area contributed by atoms with Crippen molar-refractivity contribution in [1.82, 2.24) is 5.32 Å². The molecule has 0 heterocycles. The molecule has 0 unspecified atom stereocenters. The molecule has 1 N–H and O–H groups in total. The molecule has 0 aliphatic heterocycles. The van der Waals surface area contributed by atoms with Crippen molar-refractivity contribution in [3.63, 3.8) is 0 Å². The van der Waals surface area contributed by atoms with E-state index in [0.717, 1.165) is 34.0 Å². The molecular weight excluding hydrogens is 281 g/mol. The van der Waals surface area contributed by atoms with Crippen LogP contribution in [0.2, 0.25) is 10.0 Å². The predicted octanol–water partition coefficient (Wildman–Crippen LogP) is 4.39. The number of halogens is 2. The maximum Gasteiger partial charge on any atom is 0.126 e. The van der Waals surface area contributed by atoms with Crippen LogP contribution < -0.4 is 10.1 Å². The first-order chi connectivity index (χ1) is 9.15. The number of hydrogen-bond donors (Lipinski definition) is 1. The van der Waals surface area contributed by atoms with E-state index in [1.54, 1.807) is 7.11 Å². The Kier molecular flexibility index (Phi) is 4.70. The molecule has 0 amide bonds. The zero-order valence-corrected chi connectivity index (χ0v) is 12.3. The minimum atomic E-state index is 0.681. The van der Waals surface area contributed by atoms with Crippen LogP contribution in [0.15, 0.2) is 36.4 Å². The SMILES string of the molecule is CNCc1cc(-c2cc(Cl)ccc2OC)ccc1Cl. The highest BCUT2D eigenvalue weighted by atomic mass is 35.5. The van der Waals surface area contributed by atoms with Gasteiger partial charge in [0.1, 0.15) is 5.75 Å². The van der Waals surface area contributed by atoms with Gasteiger partial charge in [-0.3, -0.25) is 0 Å². The van der Waals surface area contributed by atoms with E-state index < -0.39 is 0 Å². The Hall–Kier alpha value is -1.22. The quantitative estimate of drug-likeness (QED) is 0.903. The van der Waals surface area contributed by atoms with Gasteiger partial charge in [0.25, 0.3) is 0 Å². The molecule has 0 atom stereocenters. The topological polar surface area (TPSA) is 21.3 Å². The minimum absolute atomic E-state index is 0.681. The number of benzene rings is 2. The average molecular weight is 296 g/mol. The van der Waals surface area contributed by atoms with Gasteiger partial charge in [-0.15, -0.1) is 0 Å². The summed E-state index contributed by atoms with van der Waals surface area (Å²) in [4.78, 5) is 0. The summed E-state index contributed by atoms with van der Waals surface area (Å²) in [5, 5.41) is 4.53. The van der Waals surface area contributed by atoms with Crippen LogP contribution in [0.5, 0.6) is 5.75 Å². The van der Waals surface area contributed by atoms with Crippen LogP contribution >= 0.6 is 23.2 Å². The second-order valence-electron chi connectivity index (χ2n) is 4.18. The van der Waals surface area contributed by atoms with Gasteiger partial charge in [0.2, 0.25) is 0 Å². The van der Waals surface area contributed by atoms with Crippen molar-refractivity contribution in [2.45, 2.75) is 6.54 Å². The fourth-order valence-corrected chi connectivity index (χ4v) is 2.33. The summed E-state index contributed by atoms with van der Waals surface area (Å²) in [6.45, 7) is 0.718. The molecule has 100 valence electrons. The van der Waals surface area contributed by atoms with Crippen LogP contribution in [0.4, 0.5) is 0 Å². The van der Waals surface area contributed by atoms with Crippen molar-refractivity contribution >= 4 is 23.2 Å². The van der Waals surface area contributed by atoms with E-state index in [-0.39, 0.29) is 0 Å². The summed E-state index contributed by atoms with van der Waals surface area (Å²) in [7, 11) is 3.54. The lowest BCUT2D eigenvalue weighted by molar-refractivity contribution is 0.416. The van der Waals surface area contributed by atoms with E-state index in [1.807, 2.05) is 43.4 Å². The fraction of sp³-hybridized carbons (Fsp3) is 0.200. The lowest BCUT2D eigenvalue weighted by Crippen LogP contribution is -2.05. The average Bonchev–Trinajstić information content (AvgIpc) is 2.41. The standard InChI is InChI=1S/C15H15Cl2NO/c1-18-9-11-7-10(3-5-14(11)17)13-8-12(16)4-6-15(13)19-2/h3-8,18H,9H2,1-2H3. The Balaban J connectivity index is 2.52. The van der Waals surface area contributed by atoms with Gasteiger partial charge < -0.3 is 10.1 Å². The van der Waals surface area contributed by atoms with Gasteiger partial charge in [-0.2, -0.15) is 0 Å². The van der Waals surface area contributed by atoms with Crippen molar-refractivity contribution in [2.24, 2.45) is 0 Å². The van der Waals surface area contributed by atoms with Gasteiger partial charge in [-0.05, 0) is 48.5 Å². The molecule has 0 bridgehead atoms. The van der Waals surface area contributed by atoms with E-state index in [2.05, 4.69) is 5.32 Å². The van der Waals surface area contributed by atoms with Gasteiger partial charge in [-0.25, -0.2) is 0 Å². The molecule has 0 fully saturated rings. The fourth-order valence-electron chi connectivity index (χ4n) is 1.97. The minimum Gasteiger partial charge on any atom is -0.496 e. The summed E-state index contributed by atoms with van der Waals surface area (Å²) in [6, 6.07) is 11.5. The molecule has 2 rings (SSSR count). The normalized spacial score (nSPS) is 10.5. The van der Waals surface area contributed by atoms with Crippen LogP contribution in [0.3, 0.4) is 0 Å². The van der Waals surface area contributed by atoms with Crippen LogP contribution in [0.25, 0.3) is 11.1 Å². The third-order valence-electron chi connectivity index (χ3n) is 2.89. The van der Waals surface area contributed by atoms with Crippen molar-refractivity contribution in [1.29, 1.82) is 0 Å². The Morgan fingerprint density at radius 2 is 1.89 bits per heavy atom. The first kappa shape index (κ1) is 14.2. The number of rotatable bonds is 4. The Bertz CT molecular complexity index is 584. The molecule has 19 heavy (non-hydrogen) atoms. The van der Waals surface area contributed by atoms with E-state index in [4.69, 9.17) is 27.9 Å². The second kappa shape index (κ2) is 6.29. The summed E-state index contributed by atoms with van der Waals surface area (Å²) >= 11 is 12.2. The van der Waals surface area contributed by atoms with Gasteiger partial charge in [-0.1, -0.05) is 29.3 Å². The lowest BCUT2D eigenvalue weighted by atomic mass is 10.0. The van der Waals surface area contributed by atoms with Crippen LogP contribution in [0, 0.1) is 0 Å². The third kappa shape index (κ3) is 3.21. The number of methoxy groups -OCH3 is 1. The maximum absolute atomic E-state index is 6.17. The molecule has 2 nitrogen and oxygen atoms in total. The van der Waals surface area contributed by atoms with Crippen molar-refractivity contribution in [2.75, 3.05) is 14.2 Å². The van der Waals surface area contributed by atoms with Crippen LogP contribution in [-0.2, 0) is 6.54 Å². The van der Waals surface area contributed by atoms with E-state index in [9.17, 15) is 0 Å². The van der Waals surface area contributed by atoms with E-state index in [1.165, 1.54) is 0 Å². The molecular formula is C15H15Cl2NO. The Morgan fingerprint density at radius 1 is 1.11 bits per heavy atom. The highest BCUT2D eigenvalue weighted by molar-refractivity contribution is 6.31. The monoisotopic (exact) mass is 295 g/mol. The van der Waals surface area contributed by atoms with Gasteiger partial charge in [0, 0.05) is 22.2 Å². The summed E-state index contributed by atoms with van der Waals surface area (Å²) in [5.74, 6) is 0.794. The predicted molar refractivity (Wildman–Crippen MR) is 81.2 cm³/mol. The maximum atomic E-state index is 6.17.